The summed E-state index contributed by atoms with van der Waals surface area (Å²) in [5.74, 6) is -1.26. The molecule has 116 valence electrons. The van der Waals surface area contributed by atoms with Crippen LogP contribution in [0.5, 0.6) is 0 Å². The largest absolute Gasteiger partial charge is 0.477 e. The highest BCUT2D eigenvalue weighted by Crippen LogP contribution is 2.26. The molecule has 0 aliphatic carbocycles. The van der Waals surface area contributed by atoms with Gasteiger partial charge >= 0.3 is 12.0 Å². The minimum absolute atomic E-state index is 0.175. The van der Waals surface area contributed by atoms with Gasteiger partial charge in [0, 0.05) is 0 Å². The first-order valence-electron chi connectivity index (χ1n) is 6.41. The quantitative estimate of drug-likeness (QED) is 0.639. The van der Waals surface area contributed by atoms with E-state index in [2.05, 4.69) is 10.6 Å². The van der Waals surface area contributed by atoms with Crippen molar-refractivity contribution in [3.63, 3.8) is 0 Å². The lowest BCUT2D eigenvalue weighted by molar-refractivity contribution is -0.118. The van der Waals surface area contributed by atoms with Crippen molar-refractivity contribution in [3.05, 3.63) is 16.5 Å². The number of hydrogen-bond acceptors (Lipinski definition) is 4. The Labute approximate surface area is 126 Å². The maximum atomic E-state index is 12.2. The molecule has 0 bridgehead atoms. The molecule has 0 spiro atoms. The van der Waals surface area contributed by atoms with Gasteiger partial charge < -0.3 is 21.5 Å². The van der Waals surface area contributed by atoms with Crippen molar-refractivity contribution in [2.24, 2.45) is 11.7 Å². The number of anilines is 1. The van der Waals surface area contributed by atoms with E-state index in [4.69, 9.17) is 10.8 Å². The number of rotatable bonds is 6. The molecule has 0 aliphatic heterocycles. The van der Waals surface area contributed by atoms with Crippen LogP contribution in [0, 0.1) is 12.8 Å². The molecule has 0 aromatic carbocycles. The molecule has 0 saturated heterocycles. The maximum Gasteiger partial charge on any atom is 0.346 e. The molecule has 0 saturated carbocycles. The van der Waals surface area contributed by atoms with Gasteiger partial charge in [0.15, 0.2) is 0 Å². The highest BCUT2D eigenvalue weighted by Gasteiger charge is 2.22. The van der Waals surface area contributed by atoms with Crippen molar-refractivity contribution in [2.75, 3.05) is 5.32 Å². The van der Waals surface area contributed by atoms with E-state index in [1.54, 1.807) is 13.0 Å². The van der Waals surface area contributed by atoms with E-state index < -0.39 is 23.9 Å². The summed E-state index contributed by atoms with van der Waals surface area (Å²) < 4.78 is 0. The van der Waals surface area contributed by atoms with Crippen molar-refractivity contribution in [1.82, 2.24) is 5.32 Å². The van der Waals surface area contributed by atoms with Gasteiger partial charge in [-0.3, -0.25) is 4.79 Å². The number of nitrogens with two attached hydrogens (primary N) is 1. The number of carbonyl (C=O) groups is 3. The molecule has 1 aromatic heterocycles. The SMILES string of the molecule is Cc1cc(NC(=O)C(CC(C)C)NC(N)=O)sc1C(=O)O. The van der Waals surface area contributed by atoms with E-state index in [0.29, 0.717) is 17.0 Å². The lowest BCUT2D eigenvalue weighted by Crippen LogP contribution is -2.46. The summed E-state index contributed by atoms with van der Waals surface area (Å²) in [5.41, 5.74) is 5.64. The van der Waals surface area contributed by atoms with E-state index in [1.807, 2.05) is 13.8 Å². The molecule has 1 unspecified atom stereocenters. The van der Waals surface area contributed by atoms with Gasteiger partial charge in [0.2, 0.25) is 5.91 Å². The van der Waals surface area contributed by atoms with Crippen molar-refractivity contribution in [2.45, 2.75) is 33.2 Å². The first kappa shape index (κ1) is 17.0. The molecular formula is C13H19N3O4S. The Morgan fingerprint density at radius 3 is 2.43 bits per heavy atom. The Kier molecular flexibility index (Phi) is 5.71. The van der Waals surface area contributed by atoms with Crippen LogP contribution in [0.2, 0.25) is 0 Å². The molecule has 1 aromatic rings. The summed E-state index contributed by atoms with van der Waals surface area (Å²) in [6.45, 7) is 5.49. The van der Waals surface area contributed by atoms with Crippen molar-refractivity contribution in [1.29, 1.82) is 0 Å². The minimum Gasteiger partial charge on any atom is -0.477 e. The molecule has 1 heterocycles. The molecule has 1 rings (SSSR count). The second-order valence-corrected chi connectivity index (χ2v) is 6.16. The lowest BCUT2D eigenvalue weighted by atomic mass is 10.0. The average Bonchev–Trinajstić information content (AvgIpc) is 2.68. The Hall–Kier alpha value is -2.09. The first-order chi connectivity index (χ1) is 9.70. The zero-order valence-corrected chi connectivity index (χ0v) is 12.9. The van der Waals surface area contributed by atoms with E-state index >= 15 is 0 Å². The summed E-state index contributed by atoms with van der Waals surface area (Å²) in [4.78, 5) is 34.2. The second kappa shape index (κ2) is 7.07. The number of carboxylic acid groups (broad SMARTS) is 1. The standard InChI is InChI=1S/C13H19N3O4S/c1-6(2)4-8(15-13(14)20)11(17)16-9-5-7(3)10(21-9)12(18)19/h5-6,8H,4H2,1-3H3,(H,16,17)(H,18,19)(H3,14,15,20). The molecular weight excluding hydrogens is 294 g/mol. The highest BCUT2D eigenvalue weighted by atomic mass is 32.1. The van der Waals surface area contributed by atoms with Crippen LogP contribution in [0.1, 0.15) is 35.5 Å². The van der Waals surface area contributed by atoms with Crippen LogP contribution >= 0.6 is 11.3 Å². The van der Waals surface area contributed by atoms with Crippen LogP contribution in [-0.4, -0.2) is 29.1 Å². The van der Waals surface area contributed by atoms with Gasteiger partial charge in [0.05, 0.1) is 5.00 Å². The molecule has 5 N–H and O–H groups in total. The summed E-state index contributed by atoms with van der Waals surface area (Å²) >= 11 is 0.976. The third-order valence-electron chi connectivity index (χ3n) is 2.70. The van der Waals surface area contributed by atoms with Gasteiger partial charge in [-0.2, -0.15) is 0 Å². The van der Waals surface area contributed by atoms with E-state index in [9.17, 15) is 14.4 Å². The van der Waals surface area contributed by atoms with Crippen molar-refractivity contribution in [3.8, 4) is 0 Å². The number of nitrogens with one attached hydrogen (secondary N) is 2. The topological polar surface area (TPSA) is 122 Å². The maximum absolute atomic E-state index is 12.2. The Morgan fingerprint density at radius 2 is 2.00 bits per heavy atom. The van der Waals surface area contributed by atoms with Crippen LogP contribution in [0.4, 0.5) is 9.80 Å². The van der Waals surface area contributed by atoms with Gasteiger partial charge in [-0.15, -0.1) is 11.3 Å². The number of hydrogen-bond donors (Lipinski definition) is 4. The van der Waals surface area contributed by atoms with E-state index in [1.165, 1.54) is 0 Å². The van der Waals surface area contributed by atoms with Crippen LogP contribution < -0.4 is 16.4 Å². The minimum atomic E-state index is -1.04. The number of carboxylic acids is 1. The predicted octanol–water partition coefficient (Wildman–Crippen LogP) is 1.78. The van der Waals surface area contributed by atoms with Crippen molar-refractivity contribution >= 4 is 34.2 Å². The lowest BCUT2D eigenvalue weighted by Gasteiger charge is -2.18. The van der Waals surface area contributed by atoms with Crippen molar-refractivity contribution < 1.29 is 19.5 Å². The third-order valence-corrected chi connectivity index (χ3v) is 3.84. The molecule has 21 heavy (non-hydrogen) atoms. The summed E-state index contributed by atoms with van der Waals surface area (Å²) in [7, 11) is 0. The third kappa shape index (κ3) is 5.07. The molecule has 0 radical (unpaired) electrons. The molecule has 0 fully saturated rings. The summed E-state index contributed by atoms with van der Waals surface area (Å²) in [6.07, 6.45) is 0.435. The molecule has 8 heteroatoms. The van der Waals surface area contributed by atoms with E-state index in [0.717, 1.165) is 11.3 Å². The van der Waals surface area contributed by atoms with Gasteiger partial charge in [-0.05, 0) is 30.9 Å². The predicted molar refractivity (Wildman–Crippen MR) is 80.6 cm³/mol. The zero-order valence-electron chi connectivity index (χ0n) is 12.1. The zero-order chi connectivity index (χ0) is 16.2. The number of amides is 3. The Balaban J connectivity index is 2.83. The first-order valence-corrected chi connectivity index (χ1v) is 7.23. The molecule has 3 amide bonds. The van der Waals surface area contributed by atoms with E-state index in [-0.39, 0.29) is 10.8 Å². The Morgan fingerprint density at radius 1 is 1.38 bits per heavy atom. The van der Waals surface area contributed by atoms with Gasteiger partial charge in [-0.1, -0.05) is 13.8 Å². The van der Waals surface area contributed by atoms with Crippen LogP contribution in [0.15, 0.2) is 6.07 Å². The number of thiophene rings is 1. The number of primary amides is 1. The molecule has 1 atom stereocenters. The number of aryl methyl sites for hydroxylation is 1. The monoisotopic (exact) mass is 313 g/mol. The van der Waals surface area contributed by atoms with Gasteiger partial charge in [-0.25, -0.2) is 9.59 Å². The fraction of sp³-hybridized carbons (Fsp3) is 0.462. The van der Waals surface area contributed by atoms with Crippen LogP contribution in [-0.2, 0) is 4.79 Å². The highest BCUT2D eigenvalue weighted by molar-refractivity contribution is 7.18. The summed E-state index contributed by atoms with van der Waals surface area (Å²) in [5, 5.41) is 14.4. The number of carbonyl (C=O) groups excluding carboxylic acids is 2. The normalized spacial score (nSPS) is 12.0. The summed E-state index contributed by atoms with van der Waals surface area (Å²) in [6, 6.07) is 0.0606. The van der Waals surface area contributed by atoms with Gasteiger partial charge in [0.1, 0.15) is 10.9 Å². The van der Waals surface area contributed by atoms with Crippen LogP contribution in [0.25, 0.3) is 0 Å². The Bertz CT molecular complexity index is 554. The number of aromatic carboxylic acids is 1. The fourth-order valence-corrected chi connectivity index (χ4v) is 2.75. The van der Waals surface area contributed by atoms with Gasteiger partial charge in [0.25, 0.3) is 0 Å². The smallest absolute Gasteiger partial charge is 0.346 e. The van der Waals surface area contributed by atoms with Crippen LogP contribution in [0.3, 0.4) is 0 Å². The second-order valence-electron chi connectivity index (χ2n) is 5.11. The molecule has 0 aliphatic rings. The number of urea groups is 1. The fourth-order valence-electron chi connectivity index (χ4n) is 1.84. The average molecular weight is 313 g/mol. The molecule has 7 nitrogen and oxygen atoms in total.